The number of aliphatic imine (C=N–C) groups is 1. The zero-order valence-electron chi connectivity index (χ0n) is 11.9. The van der Waals surface area contributed by atoms with Crippen molar-refractivity contribution in [1.29, 1.82) is 0 Å². The monoisotopic (exact) mass is 279 g/mol. The van der Waals surface area contributed by atoms with E-state index in [4.69, 9.17) is 15.2 Å². The van der Waals surface area contributed by atoms with E-state index in [0.717, 1.165) is 5.69 Å². The number of esters is 1. The number of carbonyl (C=O) groups excluding carboxylic acids is 1. The minimum absolute atomic E-state index is 0.209. The molecule has 0 bridgehead atoms. The fourth-order valence-electron chi connectivity index (χ4n) is 1.58. The average Bonchev–Trinajstić information content (AvgIpc) is 2.44. The topological polar surface area (TPSA) is 85.9 Å². The molecule has 0 aromatic heterocycles. The molecular weight excluding hydrogens is 258 g/mol. The van der Waals surface area contributed by atoms with Gasteiger partial charge in [0.05, 0.1) is 19.4 Å². The van der Waals surface area contributed by atoms with Crippen LogP contribution in [0.25, 0.3) is 0 Å². The zero-order valence-corrected chi connectivity index (χ0v) is 11.9. The molecular formula is C14H21N3O3. The van der Waals surface area contributed by atoms with Gasteiger partial charge in [-0.1, -0.05) is 12.1 Å². The van der Waals surface area contributed by atoms with E-state index >= 15 is 0 Å². The van der Waals surface area contributed by atoms with Crippen molar-refractivity contribution in [1.82, 2.24) is 0 Å². The van der Waals surface area contributed by atoms with E-state index in [0.29, 0.717) is 37.7 Å². The molecule has 1 aromatic rings. The number of methoxy groups -OCH3 is 1. The molecule has 0 aliphatic heterocycles. The van der Waals surface area contributed by atoms with Gasteiger partial charge < -0.3 is 20.5 Å². The van der Waals surface area contributed by atoms with Crippen molar-refractivity contribution in [2.75, 3.05) is 25.6 Å². The maximum Gasteiger partial charge on any atom is 0.305 e. The number of nitrogens with zero attached hydrogens (tertiary/aromatic N) is 1. The second-order valence-electron chi connectivity index (χ2n) is 4.00. The fraction of sp³-hybridized carbons (Fsp3) is 0.429. The molecule has 0 saturated carbocycles. The first-order valence-corrected chi connectivity index (χ1v) is 6.53. The van der Waals surface area contributed by atoms with Gasteiger partial charge in [0, 0.05) is 13.0 Å². The van der Waals surface area contributed by atoms with Crippen molar-refractivity contribution in [2.24, 2.45) is 10.7 Å². The summed E-state index contributed by atoms with van der Waals surface area (Å²) in [7, 11) is 1.59. The Kier molecular flexibility index (Phi) is 6.95. The van der Waals surface area contributed by atoms with Crippen LogP contribution in [0.2, 0.25) is 0 Å². The molecule has 0 amide bonds. The molecule has 1 aromatic carbocycles. The van der Waals surface area contributed by atoms with Crippen molar-refractivity contribution in [3.8, 4) is 5.75 Å². The highest BCUT2D eigenvalue weighted by molar-refractivity contribution is 5.93. The first-order chi connectivity index (χ1) is 9.67. The van der Waals surface area contributed by atoms with Gasteiger partial charge in [-0.05, 0) is 25.5 Å². The number of guanidine groups is 1. The number of rotatable bonds is 7. The van der Waals surface area contributed by atoms with Crippen LogP contribution in [0.3, 0.4) is 0 Å². The number of hydrogen-bond acceptors (Lipinski definition) is 4. The van der Waals surface area contributed by atoms with Gasteiger partial charge in [-0.2, -0.15) is 0 Å². The Morgan fingerprint density at radius 1 is 1.40 bits per heavy atom. The summed E-state index contributed by atoms with van der Waals surface area (Å²) in [5.74, 6) is 0.773. The maximum absolute atomic E-state index is 11.1. The summed E-state index contributed by atoms with van der Waals surface area (Å²) in [5, 5.41) is 2.96. The van der Waals surface area contributed by atoms with E-state index in [2.05, 4.69) is 10.3 Å². The van der Waals surface area contributed by atoms with E-state index in [1.165, 1.54) is 0 Å². The second-order valence-corrected chi connectivity index (χ2v) is 4.00. The third kappa shape index (κ3) is 5.60. The van der Waals surface area contributed by atoms with Gasteiger partial charge in [-0.25, -0.2) is 0 Å². The van der Waals surface area contributed by atoms with Gasteiger partial charge in [0.2, 0.25) is 0 Å². The highest BCUT2D eigenvalue weighted by Crippen LogP contribution is 2.22. The molecule has 6 nitrogen and oxygen atoms in total. The van der Waals surface area contributed by atoms with Gasteiger partial charge in [-0.15, -0.1) is 0 Å². The SMILES string of the molecule is CCOC(=O)CCCN=C(N)Nc1ccccc1OC. The maximum atomic E-state index is 11.1. The Balaban J connectivity index is 2.40. The molecule has 0 saturated heterocycles. The van der Waals surface area contributed by atoms with Crippen LogP contribution in [0.4, 0.5) is 5.69 Å². The summed E-state index contributed by atoms with van der Waals surface area (Å²) in [5.41, 5.74) is 6.52. The number of carbonyl (C=O) groups is 1. The molecule has 0 heterocycles. The fourth-order valence-corrected chi connectivity index (χ4v) is 1.58. The molecule has 3 N–H and O–H groups in total. The summed E-state index contributed by atoms with van der Waals surface area (Å²) < 4.78 is 10.0. The third-order valence-corrected chi connectivity index (χ3v) is 2.50. The van der Waals surface area contributed by atoms with Crippen molar-refractivity contribution in [2.45, 2.75) is 19.8 Å². The van der Waals surface area contributed by atoms with Gasteiger partial charge >= 0.3 is 5.97 Å². The number of anilines is 1. The number of benzene rings is 1. The summed E-state index contributed by atoms with van der Waals surface area (Å²) in [6, 6.07) is 7.42. The molecule has 6 heteroatoms. The van der Waals surface area contributed by atoms with Crippen LogP contribution in [0, 0.1) is 0 Å². The quantitative estimate of drug-likeness (QED) is 0.344. The van der Waals surface area contributed by atoms with Crippen LogP contribution >= 0.6 is 0 Å². The van der Waals surface area contributed by atoms with E-state index in [1.54, 1.807) is 14.0 Å². The Hall–Kier alpha value is -2.24. The number of ether oxygens (including phenoxy) is 2. The van der Waals surface area contributed by atoms with Crippen molar-refractivity contribution in [3.05, 3.63) is 24.3 Å². The summed E-state index contributed by atoms with van der Waals surface area (Å²) >= 11 is 0. The Morgan fingerprint density at radius 2 is 2.15 bits per heavy atom. The molecule has 0 aliphatic rings. The number of nitrogens with two attached hydrogens (primary N) is 1. The van der Waals surface area contributed by atoms with Crippen LogP contribution in [-0.2, 0) is 9.53 Å². The second kappa shape index (κ2) is 8.79. The van der Waals surface area contributed by atoms with Crippen LogP contribution in [-0.4, -0.2) is 32.2 Å². The molecule has 0 aliphatic carbocycles. The molecule has 0 spiro atoms. The van der Waals surface area contributed by atoms with Crippen molar-refractivity contribution in [3.63, 3.8) is 0 Å². The van der Waals surface area contributed by atoms with E-state index in [9.17, 15) is 4.79 Å². The minimum Gasteiger partial charge on any atom is -0.495 e. The van der Waals surface area contributed by atoms with Crippen LogP contribution < -0.4 is 15.8 Å². The molecule has 20 heavy (non-hydrogen) atoms. The normalized spacial score (nSPS) is 11.0. The highest BCUT2D eigenvalue weighted by Gasteiger charge is 2.03. The zero-order chi connectivity index (χ0) is 14.8. The molecule has 1 rings (SSSR count). The van der Waals surface area contributed by atoms with Gasteiger partial charge in [0.25, 0.3) is 0 Å². The largest absolute Gasteiger partial charge is 0.495 e. The highest BCUT2D eigenvalue weighted by atomic mass is 16.5. The van der Waals surface area contributed by atoms with Crippen LogP contribution in [0.15, 0.2) is 29.3 Å². The molecule has 0 fully saturated rings. The van der Waals surface area contributed by atoms with Gasteiger partial charge in [0.15, 0.2) is 5.96 Å². The average molecular weight is 279 g/mol. The molecule has 0 atom stereocenters. The minimum atomic E-state index is -0.209. The summed E-state index contributed by atoms with van der Waals surface area (Å²) in [6.45, 7) is 2.65. The predicted molar refractivity (Wildman–Crippen MR) is 79.0 cm³/mol. The smallest absolute Gasteiger partial charge is 0.305 e. The Labute approximate surface area is 119 Å². The molecule has 110 valence electrons. The van der Waals surface area contributed by atoms with Gasteiger partial charge in [-0.3, -0.25) is 9.79 Å². The Bertz CT molecular complexity index is 461. The first kappa shape index (κ1) is 15.8. The summed E-state index contributed by atoms with van der Waals surface area (Å²) in [6.07, 6.45) is 0.951. The molecule has 0 unspecified atom stereocenters. The van der Waals surface area contributed by atoms with Crippen molar-refractivity contribution < 1.29 is 14.3 Å². The Morgan fingerprint density at radius 3 is 2.85 bits per heavy atom. The van der Waals surface area contributed by atoms with Crippen LogP contribution in [0.1, 0.15) is 19.8 Å². The van der Waals surface area contributed by atoms with Crippen molar-refractivity contribution >= 4 is 17.6 Å². The lowest BCUT2D eigenvalue weighted by Crippen LogP contribution is -2.23. The van der Waals surface area contributed by atoms with Gasteiger partial charge in [0.1, 0.15) is 5.75 Å². The van der Waals surface area contributed by atoms with Crippen LogP contribution in [0.5, 0.6) is 5.75 Å². The standard InChI is InChI=1S/C14H21N3O3/c1-3-20-13(18)9-6-10-16-14(15)17-11-7-4-5-8-12(11)19-2/h4-5,7-8H,3,6,9-10H2,1-2H3,(H3,15,16,17). The first-order valence-electron chi connectivity index (χ1n) is 6.53. The third-order valence-electron chi connectivity index (χ3n) is 2.50. The lowest BCUT2D eigenvalue weighted by molar-refractivity contribution is -0.143. The molecule has 0 radical (unpaired) electrons. The number of para-hydroxylation sites is 2. The predicted octanol–water partition coefficient (Wildman–Crippen LogP) is 1.77. The summed E-state index contributed by atoms with van der Waals surface area (Å²) in [4.78, 5) is 15.3. The number of hydrogen-bond donors (Lipinski definition) is 2. The lowest BCUT2D eigenvalue weighted by Gasteiger charge is -2.09. The van der Waals surface area contributed by atoms with E-state index in [1.807, 2.05) is 24.3 Å². The van der Waals surface area contributed by atoms with E-state index < -0.39 is 0 Å². The number of nitrogens with one attached hydrogen (secondary N) is 1. The van der Waals surface area contributed by atoms with E-state index in [-0.39, 0.29) is 5.97 Å². The lowest BCUT2D eigenvalue weighted by atomic mass is 10.3.